The van der Waals surface area contributed by atoms with Gasteiger partial charge in [0.15, 0.2) is 0 Å². The first-order chi connectivity index (χ1) is 8.39. The van der Waals surface area contributed by atoms with Gasteiger partial charge in [-0.25, -0.2) is 4.98 Å². The van der Waals surface area contributed by atoms with E-state index in [0.29, 0.717) is 16.5 Å². The summed E-state index contributed by atoms with van der Waals surface area (Å²) in [4.78, 5) is 3.97. The molecule has 1 aliphatic carbocycles. The summed E-state index contributed by atoms with van der Waals surface area (Å²) in [6, 6.07) is 5.86. The van der Waals surface area contributed by atoms with Gasteiger partial charge in [0.1, 0.15) is 11.8 Å². The lowest BCUT2D eigenvalue weighted by Crippen LogP contribution is -2.19. The predicted octanol–water partition coefficient (Wildman–Crippen LogP) is 2.73. The van der Waals surface area contributed by atoms with Crippen LogP contribution in [0, 0.1) is 28.1 Å². The molecule has 1 fully saturated rings. The quantitative estimate of drug-likeness (QED) is 0.884. The van der Waals surface area contributed by atoms with Gasteiger partial charge in [-0.05, 0) is 41.0 Å². The Hall–Kier alpha value is -1.40. The molecule has 0 unspecified atom stereocenters. The first-order valence-electron chi connectivity index (χ1n) is 6.45. The Morgan fingerprint density at radius 2 is 2.00 bits per heavy atom. The van der Waals surface area contributed by atoms with Crippen LogP contribution in [0.3, 0.4) is 0 Å². The van der Waals surface area contributed by atoms with Crippen LogP contribution in [0.1, 0.15) is 39.0 Å². The highest BCUT2D eigenvalue weighted by Gasteiger charge is 2.63. The number of nitrogens with one attached hydrogen (secondary N) is 1. The second kappa shape index (κ2) is 4.37. The van der Waals surface area contributed by atoms with Crippen LogP contribution < -0.4 is 5.32 Å². The summed E-state index contributed by atoms with van der Waals surface area (Å²) in [7, 11) is 0. The van der Waals surface area contributed by atoms with Gasteiger partial charge >= 0.3 is 0 Å². The van der Waals surface area contributed by atoms with Gasteiger partial charge in [-0.2, -0.15) is 5.26 Å². The van der Waals surface area contributed by atoms with E-state index in [1.165, 1.54) is 0 Å². The molecule has 2 rings (SSSR count). The highest BCUT2D eigenvalue weighted by Crippen LogP contribution is 2.67. The lowest BCUT2D eigenvalue weighted by Gasteiger charge is -2.06. The molecule has 1 heterocycles. The SMILES string of the molecule is CC1(C)C(CNCc2ccnc(C#N)c2)C1(C)C. The largest absolute Gasteiger partial charge is 0.312 e. The molecule has 0 bridgehead atoms. The van der Waals surface area contributed by atoms with Gasteiger partial charge in [-0.15, -0.1) is 0 Å². The van der Waals surface area contributed by atoms with Crippen molar-refractivity contribution in [3.05, 3.63) is 29.6 Å². The lowest BCUT2D eigenvalue weighted by molar-refractivity contribution is 0.457. The van der Waals surface area contributed by atoms with Crippen LogP contribution in [-0.2, 0) is 6.54 Å². The van der Waals surface area contributed by atoms with Crippen molar-refractivity contribution in [1.82, 2.24) is 10.3 Å². The third-order valence-corrected chi connectivity index (χ3v) is 4.94. The number of nitrogens with zero attached hydrogens (tertiary/aromatic N) is 2. The predicted molar refractivity (Wildman–Crippen MR) is 71.7 cm³/mol. The van der Waals surface area contributed by atoms with E-state index in [1.807, 2.05) is 12.1 Å². The highest BCUT2D eigenvalue weighted by molar-refractivity contribution is 5.25. The van der Waals surface area contributed by atoms with Gasteiger partial charge in [-0.3, -0.25) is 0 Å². The van der Waals surface area contributed by atoms with Crippen molar-refractivity contribution in [3.8, 4) is 6.07 Å². The van der Waals surface area contributed by atoms with Gasteiger partial charge in [-0.1, -0.05) is 27.7 Å². The maximum Gasteiger partial charge on any atom is 0.140 e. The van der Waals surface area contributed by atoms with E-state index in [-0.39, 0.29) is 0 Å². The van der Waals surface area contributed by atoms with Gasteiger partial charge in [0.25, 0.3) is 0 Å². The zero-order chi connectivity index (χ0) is 13.4. The molecule has 0 radical (unpaired) electrons. The second-order valence-corrected chi connectivity index (χ2v) is 6.29. The Kier molecular flexibility index (Phi) is 3.16. The Labute approximate surface area is 109 Å². The van der Waals surface area contributed by atoms with Crippen LogP contribution >= 0.6 is 0 Å². The van der Waals surface area contributed by atoms with Crippen LogP contribution in [-0.4, -0.2) is 11.5 Å². The van der Waals surface area contributed by atoms with Gasteiger partial charge in [0.2, 0.25) is 0 Å². The Morgan fingerprint density at radius 1 is 1.33 bits per heavy atom. The molecule has 0 saturated heterocycles. The molecule has 3 heteroatoms. The zero-order valence-corrected chi connectivity index (χ0v) is 11.6. The summed E-state index contributed by atoms with van der Waals surface area (Å²) in [6.07, 6.45) is 1.70. The maximum absolute atomic E-state index is 8.79. The third kappa shape index (κ3) is 2.13. The monoisotopic (exact) mass is 243 g/mol. The molecule has 0 aliphatic heterocycles. The van der Waals surface area contributed by atoms with E-state index >= 15 is 0 Å². The minimum Gasteiger partial charge on any atom is -0.312 e. The molecule has 0 aromatic carbocycles. The number of aromatic nitrogens is 1. The molecule has 0 spiro atoms. The highest BCUT2D eigenvalue weighted by atomic mass is 14.9. The van der Waals surface area contributed by atoms with Crippen LogP contribution in [0.4, 0.5) is 0 Å². The summed E-state index contributed by atoms with van der Waals surface area (Å²) >= 11 is 0. The molecule has 1 saturated carbocycles. The molecule has 0 atom stereocenters. The average molecular weight is 243 g/mol. The summed E-state index contributed by atoms with van der Waals surface area (Å²) in [5.74, 6) is 0.724. The summed E-state index contributed by atoms with van der Waals surface area (Å²) in [6.45, 7) is 11.2. The molecule has 96 valence electrons. The number of hydrogen-bond donors (Lipinski definition) is 1. The molecule has 1 aromatic heterocycles. The van der Waals surface area contributed by atoms with Crippen molar-refractivity contribution >= 4 is 0 Å². The average Bonchev–Trinajstić information content (AvgIpc) is 2.72. The van der Waals surface area contributed by atoms with Crippen molar-refractivity contribution in [2.24, 2.45) is 16.7 Å². The Bertz CT molecular complexity index is 469. The van der Waals surface area contributed by atoms with Gasteiger partial charge in [0, 0.05) is 12.7 Å². The Morgan fingerprint density at radius 3 is 2.56 bits per heavy atom. The number of rotatable bonds is 4. The molecule has 1 aromatic rings. The molecule has 3 nitrogen and oxygen atoms in total. The number of pyridine rings is 1. The van der Waals surface area contributed by atoms with Gasteiger partial charge in [0.05, 0.1) is 0 Å². The van der Waals surface area contributed by atoms with Crippen molar-refractivity contribution in [3.63, 3.8) is 0 Å². The fourth-order valence-corrected chi connectivity index (χ4v) is 2.85. The van der Waals surface area contributed by atoms with Gasteiger partial charge < -0.3 is 5.32 Å². The summed E-state index contributed by atoms with van der Waals surface area (Å²) in [5, 5.41) is 12.3. The summed E-state index contributed by atoms with van der Waals surface area (Å²) < 4.78 is 0. The first kappa shape index (κ1) is 13.0. The minimum atomic E-state index is 0.427. The molecular formula is C15H21N3. The Balaban J connectivity index is 1.85. The maximum atomic E-state index is 8.79. The van der Waals surface area contributed by atoms with E-state index in [9.17, 15) is 0 Å². The molecular weight excluding hydrogens is 222 g/mol. The van der Waals surface area contributed by atoms with E-state index < -0.39 is 0 Å². The lowest BCUT2D eigenvalue weighted by atomic mass is 10.0. The molecule has 18 heavy (non-hydrogen) atoms. The van der Waals surface area contributed by atoms with Crippen LogP contribution in [0.15, 0.2) is 18.3 Å². The van der Waals surface area contributed by atoms with Crippen LogP contribution in [0.2, 0.25) is 0 Å². The van der Waals surface area contributed by atoms with E-state index in [1.54, 1.807) is 6.20 Å². The van der Waals surface area contributed by atoms with Crippen molar-refractivity contribution in [2.75, 3.05) is 6.54 Å². The van der Waals surface area contributed by atoms with Crippen molar-refractivity contribution < 1.29 is 0 Å². The van der Waals surface area contributed by atoms with E-state index in [2.05, 4.69) is 44.1 Å². The van der Waals surface area contributed by atoms with Crippen molar-refractivity contribution in [1.29, 1.82) is 5.26 Å². The summed E-state index contributed by atoms with van der Waals surface area (Å²) in [5.41, 5.74) is 2.46. The zero-order valence-electron chi connectivity index (χ0n) is 11.6. The normalized spacial score (nSPS) is 20.4. The molecule has 1 aliphatic rings. The fourth-order valence-electron chi connectivity index (χ4n) is 2.85. The molecule has 1 N–H and O–H groups in total. The second-order valence-electron chi connectivity index (χ2n) is 6.29. The van der Waals surface area contributed by atoms with Crippen LogP contribution in [0.5, 0.6) is 0 Å². The smallest absolute Gasteiger partial charge is 0.140 e. The molecule has 0 amide bonds. The van der Waals surface area contributed by atoms with E-state index in [4.69, 9.17) is 5.26 Å². The first-order valence-corrected chi connectivity index (χ1v) is 6.45. The fraction of sp³-hybridized carbons (Fsp3) is 0.600. The van der Waals surface area contributed by atoms with Crippen molar-refractivity contribution in [2.45, 2.75) is 34.2 Å². The van der Waals surface area contributed by atoms with E-state index in [0.717, 1.165) is 24.6 Å². The topological polar surface area (TPSA) is 48.7 Å². The third-order valence-electron chi connectivity index (χ3n) is 4.94. The number of hydrogen-bond acceptors (Lipinski definition) is 3. The minimum absolute atomic E-state index is 0.427. The standard InChI is InChI=1S/C15H21N3/c1-14(2)13(15(14,3)4)10-17-9-11-5-6-18-12(7-11)8-16/h5-7,13,17H,9-10H2,1-4H3. The van der Waals surface area contributed by atoms with Crippen LogP contribution in [0.25, 0.3) is 0 Å². The number of nitriles is 1.